The fourth-order valence-corrected chi connectivity index (χ4v) is 0.659. The third kappa shape index (κ3) is 5.85. The molecule has 0 bridgehead atoms. The average molecular weight is 158 g/mol. The molecule has 1 atom stereocenters. The molecule has 0 heterocycles. The van der Waals surface area contributed by atoms with E-state index < -0.39 is 0 Å². The highest BCUT2D eigenvalue weighted by Crippen LogP contribution is 1.98. The number of hydrogen-bond acceptors (Lipinski definition) is 2. The lowest BCUT2D eigenvalue weighted by Gasteiger charge is -2.16. The predicted molar refractivity (Wildman–Crippen MR) is 46.1 cm³/mol. The fourth-order valence-electron chi connectivity index (χ4n) is 0.659. The van der Waals surface area contributed by atoms with Crippen molar-refractivity contribution in [2.24, 2.45) is 11.7 Å². The smallest absolute Gasteiger partial charge is 0.218 e. The van der Waals surface area contributed by atoms with Crippen LogP contribution >= 0.6 is 0 Å². The topological polar surface area (TPSA) is 55.1 Å². The van der Waals surface area contributed by atoms with Crippen LogP contribution in [0.25, 0.3) is 0 Å². The SMILES string of the molecule is CC(C)C(C)NCCC(N)=O. The van der Waals surface area contributed by atoms with Crippen molar-refractivity contribution in [1.82, 2.24) is 5.32 Å². The average Bonchev–Trinajstić information content (AvgIpc) is 1.86. The molecular weight excluding hydrogens is 140 g/mol. The Labute approximate surface area is 68.3 Å². The molecule has 3 heteroatoms. The van der Waals surface area contributed by atoms with Gasteiger partial charge in [-0.2, -0.15) is 0 Å². The first-order valence-corrected chi connectivity index (χ1v) is 4.05. The van der Waals surface area contributed by atoms with E-state index in [0.717, 1.165) is 0 Å². The molecular formula is C8H18N2O. The van der Waals surface area contributed by atoms with Crippen LogP contribution in [0.4, 0.5) is 0 Å². The highest BCUT2D eigenvalue weighted by Gasteiger charge is 2.05. The number of hydrogen-bond donors (Lipinski definition) is 2. The molecule has 0 aromatic heterocycles. The van der Waals surface area contributed by atoms with Crippen molar-refractivity contribution in [3.05, 3.63) is 0 Å². The monoisotopic (exact) mass is 158 g/mol. The lowest BCUT2D eigenvalue weighted by Crippen LogP contribution is -2.33. The van der Waals surface area contributed by atoms with Crippen molar-refractivity contribution in [1.29, 1.82) is 0 Å². The second-order valence-electron chi connectivity index (χ2n) is 3.20. The Kier molecular flexibility index (Phi) is 4.86. The van der Waals surface area contributed by atoms with Gasteiger partial charge in [-0.25, -0.2) is 0 Å². The maximum atomic E-state index is 10.3. The molecule has 3 N–H and O–H groups in total. The minimum Gasteiger partial charge on any atom is -0.370 e. The quantitative estimate of drug-likeness (QED) is 0.612. The van der Waals surface area contributed by atoms with Crippen molar-refractivity contribution in [3.8, 4) is 0 Å². The molecule has 0 saturated heterocycles. The first kappa shape index (κ1) is 10.4. The maximum absolute atomic E-state index is 10.3. The summed E-state index contributed by atoms with van der Waals surface area (Å²) in [5, 5.41) is 3.21. The van der Waals surface area contributed by atoms with Gasteiger partial charge < -0.3 is 11.1 Å². The number of primary amides is 1. The van der Waals surface area contributed by atoms with Gasteiger partial charge in [-0.1, -0.05) is 13.8 Å². The van der Waals surface area contributed by atoms with E-state index in [0.29, 0.717) is 24.9 Å². The Hall–Kier alpha value is -0.570. The lowest BCUT2D eigenvalue weighted by molar-refractivity contribution is -0.117. The second-order valence-corrected chi connectivity index (χ2v) is 3.20. The van der Waals surface area contributed by atoms with Gasteiger partial charge in [-0.3, -0.25) is 4.79 Å². The highest BCUT2D eigenvalue weighted by atomic mass is 16.1. The molecule has 0 aliphatic carbocycles. The molecule has 0 aliphatic heterocycles. The van der Waals surface area contributed by atoms with Crippen LogP contribution in [0.2, 0.25) is 0 Å². The fraction of sp³-hybridized carbons (Fsp3) is 0.875. The molecule has 1 unspecified atom stereocenters. The van der Waals surface area contributed by atoms with E-state index in [1.807, 2.05) is 0 Å². The van der Waals surface area contributed by atoms with Crippen LogP contribution in [0, 0.1) is 5.92 Å². The highest BCUT2D eigenvalue weighted by molar-refractivity contribution is 5.73. The summed E-state index contributed by atoms with van der Waals surface area (Å²) in [6.07, 6.45) is 0.428. The Balaban J connectivity index is 3.31. The second kappa shape index (κ2) is 5.13. The molecule has 0 rings (SSSR count). The van der Waals surface area contributed by atoms with Crippen LogP contribution in [-0.2, 0) is 4.79 Å². The van der Waals surface area contributed by atoms with Gasteiger partial charge in [0, 0.05) is 19.0 Å². The van der Waals surface area contributed by atoms with Gasteiger partial charge in [0.1, 0.15) is 0 Å². The zero-order chi connectivity index (χ0) is 8.85. The van der Waals surface area contributed by atoms with Crippen molar-refractivity contribution in [2.75, 3.05) is 6.54 Å². The molecule has 0 fully saturated rings. The summed E-state index contributed by atoms with van der Waals surface area (Å²) >= 11 is 0. The Morgan fingerprint density at radius 1 is 1.45 bits per heavy atom. The summed E-state index contributed by atoms with van der Waals surface area (Å²) in [5.41, 5.74) is 4.98. The van der Waals surface area contributed by atoms with E-state index in [1.165, 1.54) is 0 Å². The molecule has 3 nitrogen and oxygen atoms in total. The van der Waals surface area contributed by atoms with E-state index in [-0.39, 0.29) is 5.91 Å². The maximum Gasteiger partial charge on any atom is 0.218 e. The number of nitrogens with one attached hydrogen (secondary N) is 1. The number of amides is 1. The van der Waals surface area contributed by atoms with Gasteiger partial charge in [0.2, 0.25) is 5.91 Å². The molecule has 0 aromatic rings. The van der Waals surface area contributed by atoms with Gasteiger partial charge in [-0.15, -0.1) is 0 Å². The molecule has 0 aliphatic rings. The van der Waals surface area contributed by atoms with Crippen molar-refractivity contribution >= 4 is 5.91 Å². The van der Waals surface area contributed by atoms with Gasteiger partial charge in [0.05, 0.1) is 0 Å². The van der Waals surface area contributed by atoms with Gasteiger partial charge in [0.25, 0.3) is 0 Å². The number of carbonyl (C=O) groups is 1. The van der Waals surface area contributed by atoms with E-state index in [9.17, 15) is 4.79 Å². The third-order valence-corrected chi connectivity index (χ3v) is 1.84. The zero-order valence-corrected chi connectivity index (χ0v) is 7.55. The summed E-state index contributed by atoms with van der Waals surface area (Å²) in [4.78, 5) is 10.3. The number of nitrogens with two attached hydrogens (primary N) is 1. The summed E-state index contributed by atoms with van der Waals surface area (Å²) < 4.78 is 0. The van der Waals surface area contributed by atoms with Crippen LogP contribution in [-0.4, -0.2) is 18.5 Å². The molecule has 0 radical (unpaired) electrons. The first-order valence-electron chi connectivity index (χ1n) is 4.05. The van der Waals surface area contributed by atoms with Gasteiger partial charge in [0.15, 0.2) is 0 Å². The minimum absolute atomic E-state index is 0.242. The van der Waals surface area contributed by atoms with Gasteiger partial charge >= 0.3 is 0 Å². The van der Waals surface area contributed by atoms with Gasteiger partial charge in [-0.05, 0) is 12.8 Å². The largest absolute Gasteiger partial charge is 0.370 e. The number of rotatable bonds is 5. The first-order chi connectivity index (χ1) is 5.04. The Morgan fingerprint density at radius 3 is 2.36 bits per heavy atom. The van der Waals surface area contributed by atoms with Crippen LogP contribution < -0.4 is 11.1 Å². The summed E-state index contributed by atoms with van der Waals surface area (Å²) in [7, 11) is 0. The normalized spacial score (nSPS) is 13.5. The Bertz CT molecular complexity index is 123. The standard InChI is InChI=1S/C8H18N2O/c1-6(2)7(3)10-5-4-8(9)11/h6-7,10H,4-5H2,1-3H3,(H2,9,11). The summed E-state index contributed by atoms with van der Waals surface area (Å²) in [6, 6.07) is 0.453. The lowest BCUT2D eigenvalue weighted by atomic mass is 10.1. The van der Waals surface area contributed by atoms with E-state index in [1.54, 1.807) is 0 Å². The molecule has 0 spiro atoms. The van der Waals surface area contributed by atoms with E-state index >= 15 is 0 Å². The van der Waals surface area contributed by atoms with Crippen molar-refractivity contribution < 1.29 is 4.79 Å². The Morgan fingerprint density at radius 2 is 2.00 bits per heavy atom. The molecule has 0 saturated carbocycles. The summed E-state index contributed by atoms with van der Waals surface area (Å²) in [5.74, 6) is 0.358. The third-order valence-electron chi connectivity index (χ3n) is 1.84. The predicted octanol–water partition coefficient (Wildman–Crippen LogP) is 0.496. The zero-order valence-electron chi connectivity index (χ0n) is 7.55. The van der Waals surface area contributed by atoms with Crippen LogP contribution in [0.15, 0.2) is 0 Å². The van der Waals surface area contributed by atoms with Crippen LogP contribution in [0.1, 0.15) is 27.2 Å². The number of carbonyl (C=O) groups excluding carboxylic acids is 1. The molecule has 1 amide bonds. The van der Waals surface area contributed by atoms with E-state index in [4.69, 9.17) is 5.73 Å². The molecule has 0 aromatic carbocycles. The van der Waals surface area contributed by atoms with Crippen molar-refractivity contribution in [2.45, 2.75) is 33.2 Å². The van der Waals surface area contributed by atoms with Crippen LogP contribution in [0.3, 0.4) is 0 Å². The van der Waals surface area contributed by atoms with Crippen molar-refractivity contribution in [3.63, 3.8) is 0 Å². The minimum atomic E-state index is -0.242. The molecule has 11 heavy (non-hydrogen) atoms. The van der Waals surface area contributed by atoms with Crippen LogP contribution in [0.5, 0.6) is 0 Å². The van der Waals surface area contributed by atoms with E-state index in [2.05, 4.69) is 26.1 Å². The molecule has 66 valence electrons. The summed E-state index contributed by atoms with van der Waals surface area (Å²) in [6.45, 7) is 7.07.